The van der Waals surface area contributed by atoms with Crippen molar-refractivity contribution in [1.29, 1.82) is 0 Å². The Hall–Kier alpha value is -2.30. The van der Waals surface area contributed by atoms with E-state index in [0.29, 0.717) is 5.69 Å². The van der Waals surface area contributed by atoms with Gasteiger partial charge in [0.15, 0.2) is 0 Å². The van der Waals surface area contributed by atoms with E-state index in [0.717, 1.165) is 0 Å². The number of anilines is 1. The van der Waals surface area contributed by atoms with Crippen molar-refractivity contribution in [3.05, 3.63) is 48.5 Å². The molecule has 1 aromatic carbocycles. The van der Waals surface area contributed by atoms with E-state index in [-0.39, 0.29) is 5.56 Å². The zero-order chi connectivity index (χ0) is 11.1. The maximum Gasteiger partial charge on any atom is 0.337 e. The molecule has 0 aliphatic rings. The minimum atomic E-state index is -0.988. The highest BCUT2D eigenvalue weighted by Crippen LogP contribution is 2.08. The second-order valence-corrected chi connectivity index (χ2v) is 2.65. The van der Waals surface area contributed by atoms with Crippen LogP contribution in [0, 0.1) is 0 Å². The zero-order valence-electron chi connectivity index (χ0n) is 7.92. The van der Waals surface area contributed by atoms with Crippen LogP contribution in [0.3, 0.4) is 0 Å². The fourth-order valence-electron chi connectivity index (χ4n) is 0.907. The van der Waals surface area contributed by atoms with Crippen molar-refractivity contribution in [2.45, 2.75) is 0 Å². The van der Waals surface area contributed by atoms with Gasteiger partial charge in [-0.05, 0) is 12.1 Å². The Morgan fingerprint density at radius 3 is 2.47 bits per heavy atom. The van der Waals surface area contributed by atoms with E-state index in [9.17, 15) is 4.79 Å². The molecule has 0 bridgehead atoms. The van der Waals surface area contributed by atoms with E-state index in [1.165, 1.54) is 6.07 Å². The number of benzene rings is 1. The smallest absolute Gasteiger partial charge is 0.337 e. The SMILES string of the molecule is Nc1ccccc1C(=O)O.c1c[nH]cn1. The first kappa shape index (κ1) is 10.8. The van der Waals surface area contributed by atoms with Crippen LogP contribution in [0.5, 0.6) is 0 Å². The average Bonchev–Trinajstić information content (AvgIpc) is 2.75. The van der Waals surface area contributed by atoms with Crippen LogP contribution >= 0.6 is 0 Å². The van der Waals surface area contributed by atoms with E-state index >= 15 is 0 Å². The van der Waals surface area contributed by atoms with E-state index in [1.54, 1.807) is 36.9 Å². The molecule has 0 aliphatic heterocycles. The Kier molecular flexibility index (Phi) is 3.91. The molecule has 0 aliphatic carbocycles. The summed E-state index contributed by atoms with van der Waals surface area (Å²) in [5.41, 5.74) is 5.80. The first-order valence-corrected chi connectivity index (χ1v) is 4.22. The third kappa shape index (κ3) is 3.51. The number of aromatic amines is 1. The highest BCUT2D eigenvalue weighted by atomic mass is 16.4. The number of aromatic nitrogens is 2. The van der Waals surface area contributed by atoms with Gasteiger partial charge in [-0.2, -0.15) is 0 Å². The van der Waals surface area contributed by atoms with Gasteiger partial charge in [-0.3, -0.25) is 0 Å². The third-order valence-electron chi connectivity index (χ3n) is 1.60. The summed E-state index contributed by atoms with van der Waals surface area (Å²) in [4.78, 5) is 16.8. The summed E-state index contributed by atoms with van der Waals surface area (Å²) in [5.74, 6) is -0.988. The van der Waals surface area contributed by atoms with Gasteiger partial charge in [0.05, 0.1) is 11.9 Å². The van der Waals surface area contributed by atoms with Crippen LogP contribution in [-0.2, 0) is 0 Å². The maximum atomic E-state index is 10.3. The Balaban J connectivity index is 0.000000187. The number of hydrogen-bond donors (Lipinski definition) is 3. The molecule has 1 heterocycles. The number of nitrogens with zero attached hydrogens (tertiary/aromatic N) is 1. The fraction of sp³-hybridized carbons (Fsp3) is 0. The van der Waals surface area contributed by atoms with Gasteiger partial charge in [-0.1, -0.05) is 12.1 Å². The largest absolute Gasteiger partial charge is 0.478 e. The van der Waals surface area contributed by atoms with Crippen LogP contribution < -0.4 is 5.73 Å². The highest BCUT2D eigenvalue weighted by molar-refractivity contribution is 5.93. The van der Waals surface area contributed by atoms with Crippen LogP contribution in [0.4, 0.5) is 5.69 Å². The van der Waals surface area contributed by atoms with Gasteiger partial charge in [0.1, 0.15) is 0 Å². The fourth-order valence-corrected chi connectivity index (χ4v) is 0.907. The quantitative estimate of drug-likeness (QED) is 0.613. The van der Waals surface area contributed by atoms with Crippen LogP contribution in [-0.4, -0.2) is 21.0 Å². The van der Waals surface area contributed by atoms with Gasteiger partial charge < -0.3 is 15.8 Å². The maximum absolute atomic E-state index is 10.3. The predicted octanol–water partition coefficient (Wildman–Crippen LogP) is 1.38. The highest BCUT2D eigenvalue weighted by Gasteiger charge is 2.03. The molecular formula is C10H11N3O2. The van der Waals surface area contributed by atoms with Gasteiger partial charge >= 0.3 is 5.97 Å². The number of imidazole rings is 1. The summed E-state index contributed by atoms with van der Waals surface area (Å²) in [6, 6.07) is 6.36. The molecular weight excluding hydrogens is 194 g/mol. The normalized spacial score (nSPS) is 8.80. The molecule has 0 unspecified atom stereocenters. The lowest BCUT2D eigenvalue weighted by Crippen LogP contribution is -2.00. The molecule has 0 amide bonds. The molecule has 2 rings (SSSR count). The third-order valence-corrected chi connectivity index (χ3v) is 1.60. The molecule has 5 heteroatoms. The number of H-pyrrole nitrogens is 1. The lowest BCUT2D eigenvalue weighted by atomic mass is 10.2. The lowest BCUT2D eigenvalue weighted by Gasteiger charge is -1.96. The van der Waals surface area contributed by atoms with Gasteiger partial charge in [0, 0.05) is 18.1 Å². The topological polar surface area (TPSA) is 92.0 Å². The average molecular weight is 205 g/mol. The minimum Gasteiger partial charge on any atom is -0.478 e. The zero-order valence-corrected chi connectivity index (χ0v) is 7.92. The van der Waals surface area contributed by atoms with Crippen molar-refractivity contribution < 1.29 is 9.90 Å². The molecule has 0 fully saturated rings. The number of nitrogens with two attached hydrogens (primary N) is 1. The summed E-state index contributed by atoms with van der Waals surface area (Å²) in [6.07, 6.45) is 5.08. The number of rotatable bonds is 1. The van der Waals surface area contributed by atoms with Crippen molar-refractivity contribution in [3.63, 3.8) is 0 Å². The van der Waals surface area contributed by atoms with Crippen LogP contribution in [0.15, 0.2) is 43.0 Å². The number of carboxylic acid groups (broad SMARTS) is 1. The number of aromatic carboxylic acids is 1. The van der Waals surface area contributed by atoms with Crippen molar-refractivity contribution in [2.75, 3.05) is 5.73 Å². The van der Waals surface area contributed by atoms with E-state index in [2.05, 4.69) is 9.97 Å². The number of para-hydroxylation sites is 1. The summed E-state index contributed by atoms with van der Waals surface area (Å²) in [7, 11) is 0. The molecule has 0 atom stereocenters. The molecule has 0 spiro atoms. The van der Waals surface area contributed by atoms with Crippen molar-refractivity contribution in [1.82, 2.24) is 9.97 Å². The molecule has 15 heavy (non-hydrogen) atoms. The molecule has 0 saturated carbocycles. The molecule has 2 aromatic rings. The Morgan fingerprint density at radius 1 is 1.40 bits per heavy atom. The standard InChI is InChI=1S/C7H7NO2.C3H4N2/c8-6-4-2-1-3-5(6)7(9)10;1-2-5-3-4-1/h1-4H,8H2,(H,9,10);1-3H,(H,4,5). The minimum absolute atomic E-state index is 0.155. The van der Waals surface area contributed by atoms with E-state index < -0.39 is 5.97 Å². The van der Waals surface area contributed by atoms with Crippen LogP contribution in [0.1, 0.15) is 10.4 Å². The molecule has 0 radical (unpaired) electrons. The lowest BCUT2D eigenvalue weighted by molar-refractivity contribution is 0.0698. The Morgan fingerprint density at radius 2 is 2.13 bits per heavy atom. The van der Waals surface area contributed by atoms with Gasteiger partial charge in [0.2, 0.25) is 0 Å². The summed E-state index contributed by atoms with van der Waals surface area (Å²) >= 11 is 0. The molecule has 4 N–H and O–H groups in total. The van der Waals surface area contributed by atoms with Crippen molar-refractivity contribution >= 4 is 11.7 Å². The Bertz CT molecular complexity index is 395. The van der Waals surface area contributed by atoms with E-state index in [4.69, 9.17) is 10.8 Å². The summed E-state index contributed by atoms with van der Waals surface area (Å²) < 4.78 is 0. The predicted molar refractivity (Wildman–Crippen MR) is 56.4 cm³/mol. The van der Waals surface area contributed by atoms with Crippen LogP contribution in [0.25, 0.3) is 0 Å². The monoisotopic (exact) mass is 205 g/mol. The summed E-state index contributed by atoms with van der Waals surface area (Å²) in [6.45, 7) is 0. The molecule has 5 nitrogen and oxygen atoms in total. The number of nitrogens with one attached hydrogen (secondary N) is 1. The van der Waals surface area contributed by atoms with E-state index in [1.807, 2.05) is 0 Å². The van der Waals surface area contributed by atoms with Gasteiger partial charge in [0.25, 0.3) is 0 Å². The van der Waals surface area contributed by atoms with Gasteiger partial charge in [-0.15, -0.1) is 0 Å². The first-order valence-electron chi connectivity index (χ1n) is 4.22. The molecule has 78 valence electrons. The van der Waals surface area contributed by atoms with Gasteiger partial charge in [-0.25, -0.2) is 9.78 Å². The number of nitrogen functional groups attached to an aromatic ring is 1. The van der Waals surface area contributed by atoms with Crippen molar-refractivity contribution in [2.24, 2.45) is 0 Å². The molecule has 1 aromatic heterocycles. The summed E-state index contributed by atoms with van der Waals surface area (Å²) in [5, 5.41) is 8.49. The first-order chi connectivity index (χ1) is 7.22. The number of carbonyl (C=O) groups is 1. The second kappa shape index (κ2) is 5.43. The van der Waals surface area contributed by atoms with Crippen molar-refractivity contribution in [3.8, 4) is 0 Å². The second-order valence-electron chi connectivity index (χ2n) is 2.65. The molecule has 0 saturated heterocycles. The van der Waals surface area contributed by atoms with Crippen LogP contribution in [0.2, 0.25) is 0 Å². The Labute approximate surface area is 86.6 Å². The number of hydrogen-bond acceptors (Lipinski definition) is 3. The number of carboxylic acids is 1.